The van der Waals surface area contributed by atoms with Crippen molar-refractivity contribution >= 4 is 36.5 Å². The van der Waals surface area contributed by atoms with Crippen LogP contribution < -0.4 is 0 Å². The van der Waals surface area contributed by atoms with Gasteiger partial charge in [-0.05, 0) is 88.1 Å². The highest BCUT2D eigenvalue weighted by Crippen LogP contribution is 2.40. The summed E-state index contributed by atoms with van der Waals surface area (Å²) < 4.78 is 25.5. The number of allylic oxidation sites excluding steroid dienone is 1. The molecule has 1 aliphatic heterocycles. The Labute approximate surface area is 318 Å². The van der Waals surface area contributed by atoms with Gasteiger partial charge in [-0.15, -0.1) is 6.58 Å². The number of carbonyl (C=O) groups is 2. The highest BCUT2D eigenvalue weighted by atomic mass is 28.4. The van der Waals surface area contributed by atoms with Gasteiger partial charge < -0.3 is 18.3 Å². The van der Waals surface area contributed by atoms with Crippen molar-refractivity contribution in [3.05, 3.63) is 36.1 Å². The van der Waals surface area contributed by atoms with Gasteiger partial charge in [-0.1, -0.05) is 105 Å². The van der Waals surface area contributed by atoms with Crippen LogP contribution in [0.4, 0.5) is 0 Å². The number of ether oxygens (including phenoxy) is 2. The summed E-state index contributed by atoms with van der Waals surface area (Å²) in [5.41, 5.74) is 3.75. The Balaban J connectivity index is 2.98. The lowest BCUT2D eigenvalue weighted by Gasteiger charge is -2.40. The molecule has 0 bridgehead atoms. The molecular formula is C42H80O6Si3. The van der Waals surface area contributed by atoms with E-state index in [-0.39, 0.29) is 64.7 Å². The molecule has 0 aromatic carbocycles. The quantitative estimate of drug-likeness (QED) is 0.0698. The summed E-state index contributed by atoms with van der Waals surface area (Å²) in [6, 6.07) is 0. The van der Waals surface area contributed by atoms with Gasteiger partial charge in [0.1, 0.15) is 5.78 Å². The van der Waals surface area contributed by atoms with Crippen LogP contribution in [0.2, 0.25) is 55.9 Å². The fourth-order valence-corrected chi connectivity index (χ4v) is 10.3. The van der Waals surface area contributed by atoms with E-state index in [4.69, 9.17) is 18.3 Å². The second-order valence-electron chi connectivity index (χ2n) is 19.9. The molecule has 0 amide bonds. The number of ketones is 1. The molecule has 1 fully saturated rings. The topological polar surface area (TPSA) is 71.1 Å². The summed E-state index contributed by atoms with van der Waals surface area (Å²) in [7, 11) is -5.41. The number of rotatable bonds is 20. The van der Waals surface area contributed by atoms with Gasteiger partial charge in [0.05, 0.1) is 38.9 Å². The van der Waals surface area contributed by atoms with E-state index >= 15 is 0 Å². The Hall–Kier alpha value is -1.11. The van der Waals surface area contributed by atoms with Gasteiger partial charge >= 0.3 is 5.97 Å². The first-order chi connectivity index (χ1) is 23.0. The summed E-state index contributed by atoms with van der Waals surface area (Å²) in [5.74, 6) is 0.534. The summed E-state index contributed by atoms with van der Waals surface area (Å²) in [5, 5.41) is 0.244. The van der Waals surface area contributed by atoms with E-state index in [0.29, 0.717) is 18.8 Å². The van der Waals surface area contributed by atoms with Crippen LogP contribution in [0.1, 0.15) is 121 Å². The fourth-order valence-electron chi connectivity index (χ4n) is 6.06. The van der Waals surface area contributed by atoms with Crippen molar-refractivity contribution in [1.29, 1.82) is 0 Å². The molecule has 1 aliphatic rings. The number of carbonyl (C=O) groups excluding carboxylic acids is 2. The molecule has 0 spiro atoms. The van der Waals surface area contributed by atoms with Crippen LogP contribution in [0, 0.1) is 11.8 Å². The lowest BCUT2D eigenvalue weighted by atomic mass is 9.93. The Morgan fingerprint density at radius 1 is 0.843 bits per heavy atom. The van der Waals surface area contributed by atoms with E-state index < -0.39 is 24.7 Å². The van der Waals surface area contributed by atoms with E-state index in [1.807, 2.05) is 19.9 Å². The zero-order chi connectivity index (χ0) is 39.6. The molecular weight excluding hydrogens is 685 g/mol. The van der Waals surface area contributed by atoms with Crippen LogP contribution >= 0.6 is 0 Å². The average Bonchev–Trinajstić information content (AvgIpc) is 2.91. The van der Waals surface area contributed by atoms with Gasteiger partial charge in [0.25, 0.3) is 0 Å². The van der Waals surface area contributed by atoms with Gasteiger partial charge in [0.15, 0.2) is 16.6 Å². The fraction of sp³-hybridized carbons (Fsp3) is 0.810. The monoisotopic (exact) mass is 765 g/mol. The molecule has 1 heterocycles. The molecule has 0 aliphatic carbocycles. The molecule has 0 N–H and O–H groups in total. The van der Waals surface area contributed by atoms with Crippen molar-refractivity contribution in [2.24, 2.45) is 11.8 Å². The molecule has 0 aromatic rings. The van der Waals surface area contributed by atoms with Crippen molar-refractivity contribution in [1.82, 2.24) is 0 Å². The Bertz CT molecular complexity index is 1170. The lowest BCUT2D eigenvalue weighted by Crippen LogP contribution is -2.44. The number of hydrogen-bond acceptors (Lipinski definition) is 6. The zero-order valence-corrected chi connectivity index (χ0v) is 39.2. The lowest BCUT2D eigenvalue weighted by molar-refractivity contribution is -0.152. The standard InChI is InChI=1S/C42H80O6Si3/c1-19-39(48-51(17,18)42(9,10)11)33(5)24-23-32(4)25-36(47-50(15,16)41(6,7)8)22-20-21-35(43)28-37-26-34(30-49(12,13)14)27-38(46-37)29-40(44)45-31(2)3/h19,23-24,30-33,36-39H,1,20-22,25-29H2,2-18H3/b24-23+,34-30+/t32-,33-,36+,37+,38-,39-/m0/s1. The van der Waals surface area contributed by atoms with Gasteiger partial charge in [-0.25, -0.2) is 0 Å². The first kappa shape index (κ1) is 47.9. The van der Waals surface area contributed by atoms with Crippen molar-refractivity contribution < 1.29 is 27.9 Å². The van der Waals surface area contributed by atoms with Gasteiger partial charge in [0, 0.05) is 24.9 Å². The third kappa shape index (κ3) is 18.2. The Morgan fingerprint density at radius 2 is 1.37 bits per heavy atom. The van der Waals surface area contributed by atoms with Gasteiger partial charge in [0.2, 0.25) is 0 Å². The maximum atomic E-state index is 13.4. The molecule has 0 saturated carbocycles. The maximum absolute atomic E-state index is 13.4. The third-order valence-corrected chi connectivity index (χ3v) is 21.1. The SMILES string of the molecule is C=C[C@H](O[Si](C)(C)C(C)(C)C)[C@@H](C)/C=C/[C@H](C)C[C@@H](CCCC(=O)C[C@H]1C/C(=C\[Si](C)(C)C)C[C@@H](CC(=O)OC(C)C)O1)O[Si](C)(C)C(C)(C)C. The summed E-state index contributed by atoms with van der Waals surface area (Å²) in [4.78, 5) is 25.9. The predicted molar refractivity (Wildman–Crippen MR) is 225 cm³/mol. The van der Waals surface area contributed by atoms with Crippen molar-refractivity contribution in [2.45, 2.75) is 207 Å². The second kappa shape index (κ2) is 20.0. The van der Waals surface area contributed by atoms with E-state index in [1.54, 1.807) is 0 Å². The Morgan fingerprint density at radius 3 is 1.86 bits per heavy atom. The van der Waals surface area contributed by atoms with E-state index in [9.17, 15) is 9.59 Å². The maximum Gasteiger partial charge on any atom is 0.308 e. The number of hydrogen-bond donors (Lipinski definition) is 0. The molecule has 0 unspecified atom stereocenters. The molecule has 9 heteroatoms. The van der Waals surface area contributed by atoms with Crippen molar-refractivity contribution in [3.63, 3.8) is 0 Å². The van der Waals surface area contributed by atoms with E-state index in [0.717, 1.165) is 32.1 Å². The first-order valence-corrected chi connectivity index (χ1v) is 29.2. The Kier molecular flexibility index (Phi) is 18.8. The second-order valence-corrected chi connectivity index (χ2v) is 34.4. The molecule has 0 radical (unpaired) electrons. The highest BCUT2D eigenvalue weighted by molar-refractivity contribution is 6.81. The minimum absolute atomic E-state index is 0.0148. The average molecular weight is 765 g/mol. The number of esters is 1. The van der Waals surface area contributed by atoms with Gasteiger partial charge in [-0.3, -0.25) is 9.59 Å². The zero-order valence-electron chi connectivity index (χ0n) is 36.2. The molecule has 6 nitrogen and oxygen atoms in total. The smallest absolute Gasteiger partial charge is 0.308 e. The molecule has 51 heavy (non-hydrogen) atoms. The third-order valence-electron chi connectivity index (χ3n) is 10.8. The minimum atomic E-state index is -2.02. The molecule has 296 valence electrons. The molecule has 0 aromatic heterocycles. The van der Waals surface area contributed by atoms with Crippen LogP contribution in [0.3, 0.4) is 0 Å². The van der Waals surface area contributed by atoms with E-state index in [2.05, 4.69) is 126 Å². The molecule has 1 saturated heterocycles. The summed E-state index contributed by atoms with van der Waals surface area (Å²) in [6.45, 7) is 42.2. The summed E-state index contributed by atoms with van der Waals surface area (Å²) >= 11 is 0. The summed E-state index contributed by atoms with van der Waals surface area (Å²) in [6.07, 6.45) is 11.2. The predicted octanol–water partition coefficient (Wildman–Crippen LogP) is 12.0. The van der Waals surface area contributed by atoms with E-state index in [1.165, 1.54) is 5.57 Å². The van der Waals surface area contributed by atoms with Crippen LogP contribution in [-0.2, 0) is 27.9 Å². The van der Waals surface area contributed by atoms with Crippen LogP contribution in [0.25, 0.3) is 0 Å². The molecule has 1 rings (SSSR count). The van der Waals surface area contributed by atoms with Crippen molar-refractivity contribution in [2.75, 3.05) is 0 Å². The highest BCUT2D eigenvalue weighted by Gasteiger charge is 2.40. The number of Topliss-reactive ketones (excluding diaryl/α,β-unsaturated/α-hetero) is 1. The van der Waals surface area contributed by atoms with Crippen LogP contribution in [0.5, 0.6) is 0 Å². The normalized spacial score (nSPS) is 21.5. The van der Waals surface area contributed by atoms with Gasteiger partial charge in [-0.2, -0.15) is 0 Å². The van der Waals surface area contributed by atoms with Crippen LogP contribution in [0.15, 0.2) is 36.1 Å². The first-order valence-electron chi connectivity index (χ1n) is 19.8. The van der Waals surface area contributed by atoms with Crippen molar-refractivity contribution in [3.8, 4) is 0 Å². The largest absolute Gasteiger partial charge is 0.463 e. The van der Waals surface area contributed by atoms with Crippen LogP contribution in [-0.4, -0.2) is 67.0 Å². The molecule has 6 atom stereocenters. The minimum Gasteiger partial charge on any atom is -0.463 e.